The minimum atomic E-state index is -0.367. The average molecular weight is 732 g/mol. The molecule has 1 aliphatic heterocycles. The lowest BCUT2D eigenvalue weighted by Gasteiger charge is -2.13. The van der Waals surface area contributed by atoms with Gasteiger partial charge in [0.1, 0.15) is 0 Å². The molecule has 0 aliphatic carbocycles. The third kappa shape index (κ3) is 4.16. The largest absolute Gasteiger partial charge is 0.268 e. The standard InChI is InChI=1S/C23H12Br4N2O2S2/c1-10-3-2-4-11(7-10)9-32-23-28-13-6-5-12(8-14(13)33-23)29-21(30)15-16(22(29)31)18(25)20(27)19(26)17(15)24/h2-8H,9H2,1H3. The van der Waals surface area contributed by atoms with E-state index in [-0.39, 0.29) is 11.8 Å². The predicted molar refractivity (Wildman–Crippen MR) is 149 cm³/mol. The fourth-order valence-electron chi connectivity index (χ4n) is 3.62. The van der Waals surface area contributed by atoms with Crippen molar-refractivity contribution in [2.45, 2.75) is 17.0 Å². The summed E-state index contributed by atoms with van der Waals surface area (Å²) >= 11 is 17.1. The summed E-state index contributed by atoms with van der Waals surface area (Å²) in [7, 11) is 0. The van der Waals surface area contributed by atoms with E-state index in [1.807, 2.05) is 12.1 Å². The van der Waals surface area contributed by atoms with Crippen molar-refractivity contribution in [1.29, 1.82) is 0 Å². The van der Waals surface area contributed by atoms with Crippen molar-refractivity contribution in [1.82, 2.24) is 4.98 Å². The SMILES string of the molecule is Cc1cccc(CSc2nc3ccc(N4C(=O)c5c(Br)c(Br)c(Br)c(Br)c5C4=O)cc3s2)c1. The number of thiazole rings is 1. The zero-order chi connectivity index (χ0) is 23.4. The third-order valence-electron chi connectivity index (χ3n) is 5.16. The molecule has 5 rings (SSSR count). The van der Waals surface area contributed by atoms with Crippen molar-refractivity contribution in [3.8, 4) is 0 Å². The Bertz CT molecular complexity index is 1440. The van der Waals surface area contributed by atoms with Gasteiger partial charge in [0.2, 0.25) is 0 Å². The van der Waals surface area contributed by atoms with Crippen molar-refractivity contribution >= 4 is 115 Å². The Morgan fingerprint density at radius 3 is 2.21 bits per heavy atom. The first-order chi connectivity index (χ1) is 15.8. The second-order valence-electron chi connectivity index (χ2n) is 7.36. The summed E-state index contributed by atoms with van der Waals surface area (Å²) in [6.07, 6.45) is 0. The second-order valence-corrected chi connectivity index (χ2v) is 12.8. The summed E-state index contributed by atoms with van der Waals surface area (Å²) in [6, 6.07) is 13.9. The lowest BCUT2D eigenvalue weighted by atomic mass is 10.1. The summed E-state index contributed by atoms with van der Waals surface area (Å²) in [6.45, 7) is 2.08. The predicted octanol–water partition coefficient (Wildman–Crippen LogP) is 8.75. The van der Waals surface area contributed by atoms with Crippen LogP contribution < -0.4 is 4.90 Å². The van der Waals surface area contributed by atoms with Gasteiger partial charge < -0.3 is 0 Å². The van der Waals surface area contributed by atoms with Gasteiger partial charge in [-0.1, -0.05) is 41.6 Å². The van der Waals surface area contributed by atoms with Crippen molar-refractivity contribution in [3.63, 3.8) is 0 Å². The molecule has 4 aromatic rings. The van der Waals surface area contributed by atoms with E-state index in [2.05, 4.69) is 94.9 Å². The maximum atomic E-state index is 13.3. The number of carbonyl (C=O) groups is 2. The molecule has 2 amide bonds. The summed E-state index contributed by atoms with van der Waals surface area (Å²) in [5.41, 5.74) is 4.53. The number of nitrogens with zero attached hydrogens (tertiary/aromatic N) is 2. The first kappa shape index (κ1) is 23.7. The number of anilines is 1. The minimum Gasteiger partial charge on any atom is -0.268 e. The number of imide groups is 1. The number of benzene rings is 3. The molecular weight excluding hydrogens is 720 g/mol. The van der Waals surface area contributed by atoms with Crippen LogP contribution >= 0.6 is 86.8 Å². The molecule has 0 fully saturated rings. The Hall–Kier alpha value is -1.04. The maximum Gasteiger partial charge on any atom is 0.267 e. The zero-order valence-electron chi connectivity index (χ0n) is 16.8. The number of hydrogen-bond donors (Lipinski definition) is 0. The number of halogens is 4. The highest BCUT2D eigenvalue weighted by molar-refractivity contribution is 9.15. The molecule has 10 heteroatoms. The Balaban J connectivity index is 1.47. The summed E-state index contributed by atoms with van der Waals surface area (Å²) < 4.78 is 4.30. The van der Waals surface area contributed by atoms with E-state index < -0.39 is 0 Å². The van der Waals surface area contributed by atoms with Crippen LogP contribution in [0.2, 0.25) is 0 Å². The minimum absolute atomic E-state index is 0.334. The van der Waals surface area contributed by atoms with Gasteiger partial charge in [-0.05, 0) is 94.4 Å². The van der Waals surface area contributed by atoms with E-state index in [0.29, 0.717) is 34.7 Å². The molecule has 2 heterocycles. The number of thioether (sulfide) groups is 1. The van der Waals surface area contributed by atoms with Crippen LogP contribution in [0.1, 0.15) is 31.8 Å². The number of hydrogen-bond acceptors (Lipinski definition) is 5. The van der Waals surface area contributed by atoms with Crippen LogP contribution in [0.3, 0.4) is 0 Å². The Morgan fingerprint density at radius 2 is 1.58 bits per heavy atom. The van der Waals surface area contributed by atoms with Gasteiger partial charge in [-0.3, -0.25) is 9.59 Å². The van der Waals surface area contributed by atoms with E-state index >= 15 is 0 Å². The number of aryl methyl sites for hydroxylation is 1. The van der Waals surface area contributed by atoms with Crippen LogP contribution in [0.25, 0.3) is 10.2 Å². The highest BCUT2D eigenvalue weighted by Crippen LogP contribution is 2.46. The highest BCUT2D eigenvalue weighted by Gasteiger charge is 2.42. The van der Waals surface area contributed by atoms with E-state index in [1.54, 1.807) is 29.2 Å². The van der Waals surface area contributed by atoms with E-state index in [9.17, 15) is 9.59 Å². The average Bonchev–Trinajstić information content (AvgIpc) is 3.32. The zero-order valence-corrected chi connectivity index (χ0v) is 24.8. The van der Waals surface area contributed by atoms with Crippen molar-refractivity contribution in [2.24, 2.45) is 0 Å². The Morgan fingerprint density at radius 1 is 0.909 bits per heavy atom. The van der Waals surface area contributed by atoms with Crippen molar-refractivity contribution < 1.29 is 9.59 Å². The smallest absolute Gasteiger partial charge is 0.267 e. The first-order valence-electron chi connectivity index (χ1n) is 9.60. The Labute approximate surface area is 231 Å². The first-order valence-corrected chi connectivity index (χ1v) is 14.6. The number of carbonyl (C=O) groups excluding carboxylic acids is 2. The van der Waals surface area contributed by atoms with Gasteiger partial charge in [-0.15, -0.1) is 11.3 Å². The molecule has 0 spiro atoms. The van der Waals surface area contributed by atoms with Crippen LogP contribution in [0.5, 0.6) is 0 Å². The fraction of sp³-hybridized carbons (Fsp3) is 0.0870. The molecule has 33 heavy (non-hydrogen) atoms. The van der Waals surface area contributed by atoms with Crippen LogP contribution in [0.15, 0.2) is 64.7 Å². The summed E-state index contributed by atoms with van der Waals surface area (Å²) in [4.78, 5) is 32.5. The molecule has 0 saturated carbocycles. The monoisotopic (exact) mass is 728 g/mol. The lowest BCUT2D eigenvalue weighted by molar-refractivity contribution is 0.0926. The summed E-state index contributed by atoms with van der Waals surface area (Å²) in [5, 5.41) is 0. The molecule has 0 unspecified atom stereocenters. The van der Waals surface area contributed by atoms with Gasteiger partial charge in [-0.2, -0.15) is 0 Å². The van der Waals surface area contributed by atoms with Gasteiger partial charge in [-0.25, -0.2) is 9.88 Å². The van der Waals surface area contributed by atoms with Crippen LogP contribution in [-0.2, 0) is 5.75 Å². The van der Waals surface area contributed by atoms with Crippen molar-refractivity contribution in [2.75, 3.05) is 4.90 Å². The van der Waals surface area contributed by atoms with Crippen LogP contribution in [-0.4, -0.2) is 16.8 Å². The molecule has 0 N–H and O–H groups in total. The topological polar surface area (TPSA) is 50.3 Å². The molecular formula is C23H12Br4N2O2S2. The molecule has 1 aliphatic rings. The Kier molecular flexibility index (Phi) is 6.60. The van der Waals surface area contributed by atoms with E-state index in [1.165, 1.54) is 16.0 Å². The molecule has 0 bridgehead atoms. The number of aromatic nitrogens is 1. The van der Waals surface area contributed by atoms with Crippen LogP contribution in [0.4, 0.5) is 5.69 Å². The van der Waals surface area contributed by atoms with Gasteiger partial charge >= 0.3 is 0 Å². The van der Waals surface area contributed by atoms with Gasteiger partial charge in [0.15, 0.2) is 4.34 Å². The fourth-order valence-corrected chi connectivity index (χ4v) is 8.13. The molecule has 0 saturated heterocycles. The molecule has 0 atom stereocenters. The second kappa shape index (κ2) is 9.20. The number of amides is 2. The van der Waals surface area contributed by atoms with Gasteiger partial charge in [0.25, 0.3) is 11.8 Å². The molecule has 166 valence electrons. The van der Waals surface area contributed by atoms with Gasteiger partial charge in [0, 0.05) is 23.6 Å². The van der Waals surface area contributed by atoms with E-state index in [4.69, 9.17) is 4.98 Å². The number of fused-ring (bicyclic) bond motifs is 2. The molecule has 4 nitrogen and oxygen atoms in total. The molecule has 0 radical (unpaired) electrons. The van der Waals surface area contributed by atoms with Crippen molar-refractivity contribution in [3.05, 3.63) is 82.6 Å². The highest BCUT2D eigenvalue weighted by atomic mass is 79.9. The normalized spacial score (nSPS) is 13.3. The summed E-state index contributed by atoms with van der Waals surface area (Å²) in [5.74, 6) is 0.0980. The molecule has 1 aromatic heterocycles. The molecule has 3 aromatic carbocycles. The third-order valence-corrected chi connectivity index (χ3v) is 12.2. The maximum absolute atomic E-state index is 13.3. The van der Waals surface area contributed by atoms with Crippen LogP contribution in [0, 0.1) is 6.92 Å². The van der Waals surface area contributed by atoms with E-state index in [0.717, 1.165) is 20.3 Å². The number of rotatable bonds is 4. The van der Waals surface area contributed by atoms with Gasteiger partial charge in [0.05, 0.1) is 27.0 Å². The lowest BCUT2D eigenvalue weighted by Crippen LogP contribution is -2.29. The quantitative estimate of drug-likeness (QED) is 0.0912.